The number of rotatable bonds is 9. The van der Waals surface area contributed by atoms with E-state index in [0.717, 1.165) is 5.56 Å². The van der Waals surface area contributed by atoms with Crippen molar-refractivity contribution in [3.05, 3.63) is 58.4 Å². The van der Waals surface area contributed by atoms with Gasteiger partial charge in [-0.15, -0.1) is 0 Å². The molecule has 26 heavy (non-hydrogen) atoms. The molecular formula is C18H20Cl2FN2O3-. The molecule has 0 saturated heterocycles. The molecule has 0 aliphatic carbocycles. The van der Waals surface area contributed by atoms with Gasteiger partial charge in [-0.25, -0.2) is 4.39 Å². The van der Waals surface area contributed by atoms with Crippen molar-refractivity contribution in [1.29, 1.82) is 0 Å². The lowest BCUT2D eigenvalue weighted by Gasteiger charge is -2.14. The molecular weight excluding hydrogens is 382 g/mol. The fourth-order valence-corrected chi connectivity index (χ4v) is 2.60. The third-order valence-corrected chi connectivity index (χ3v) is 3.79. The van der Waals surface area contributed by atoms with E-state index in [1.165, 1.54) is 13.2 Å². The molecule has 142 valence electrons. The second kappa shape index (κ2) is 10.9. The highest BCUT2D eigenvalue weighted by Crippen LogP contribution is 2.36. The Balaban J connectivity index is 0.00000338. The summed E-state index contributed by atoms with van der Waals surface area (Å²) in [6.07, 6.45) is 0.581. The number of ether oxygens (including phenoxy) is 2. The van der Waals surface area contributed by atoms with E-state index in [-0.39, 0.29) is 30.6 Å². The van der Waals surface area contributed by atoms with Crippen LogP contribution in [0.4, 0.5) is 4.39 Å². The molecule has 8 heteroatoms. The van der Waals surface area contributed by atoms with Gasteiger partial charge in [0.25, 0.3) is 5.91 Å². The number of hydrogen-bond donors (Lipinski definition) is 2. The zero-order valence-electron chi connectivity index (χ0n) is 14.2. The number of carbonyl (C=O) groups is 1. The fourth-order valence-electron chi connectivity index (χ4n) is 2.32. The largest absolute Gasteiger partial charge is 1.00 e. The van der Waals surface area contributed by atoms with E-state index in [1.54, 1.807) is 24.3 Å². The molecule has 2 aromatic carbocycles. The number of benzene rings is 2. The zero-order chi connectivity index (χ0) is 18.2. The zero-order valence-corrected chi connectivity index (χ0v) is 15.7. The predicted octanol–water partition coefficient (Wildman–Crippen LogP) is -0.312. The maximum atomic E-state index is 13.6. The third-order valence-electron chi connectivity index (χ3n) is 3.51. The average molecular weight is 402 g/mol. The Hall–Kier alpha value is -2.02. The lowest BCUT2D eigenvalue weighted by molar-refractivity contribution is -0.119. The maximum absolute atomic E-state index is 13.6. The average Bonchev–Trinajstić information content (AvgIpc) is 2.58. The standard InChI is InChI=1S/C18H20ClFN2O3.ClH/c1-24-16-9-12(8-14(19)18(16)25-11-17(21)23)10-22-7-6-13-4-2-3-5-15(13)20;/h2-5,8-9,22H,6-7,10-11H2,1H3,(H2,21,23);1H/p-1. The minimum atomic E-state index is -0.600. The topological polar surface area (TPSA) is 73.6 Å². The van der Waals surface area contributed by atoms with Gasteiger partial charge >= 0.3 is 0 Å². The number of halogens is 3. The van der Waals surface area contributed by atoms with Gasteiger partial charge in [0.2, 0.25) is 0 Å². The molecule has 3 N–H and O–H groups in total. The highest BCUT2D eigenvalue weighted by molar-refractivity contribution is 6.32. The summed E-state index contributed by atoms with van der Waals surface area (Å²) in [4.78, 5) is 10.8. The van der Waals surface area contributed by atoms with Gasteiger partial charge in [-0.3, -0.25) is 4.79 Å². The van der Waals surface area contributed by atoms with Crippen LogP contribution in [0, 0.1) is 5.82 Å². The molecule has 0 unspecified atom stereocenters. The lowest BCUT2D eigenvalue weighted by Crippen LogP contribution is -3.00. The van der Waals surface area contributed by atoms with Crippen LogP contribution >= 0.6 is 11.6 Å². The van der Waals surface area contributed by atoms with Gasteiger partial charge < -0.3 is 32.9 Å². The summed E-state index contributed by atoms with van der Waals surface area (Å²) in [6.45, 7) is 0.859. The summed E-state index contributed by atoms with van der Waals surface area (Å²) >= 11 is 6.19. The SMILES string of the molecule is COc1cc(CNCCc2ccccc2F)cc(Cl)c1OCC(N)=O.[Cl-]. The van der Waals surface area contributed by atoms with Gasteiger partial charge in [0.1, 0.15) is 5.82 Å². The Bertz CT molecular complexity index is 744. The molecule has 0 saturated carbocycles. The number of hydrogen-bond acceptors (Lipinski definition) is 4. The van der Waals surface area contributed by atoms with Crippen LogP contribution in [0.15, 0.2) is 36.4 Å². The minimum absolute atomic E-state index is 0. The molecule has 2 rings (SSSR count). The van der Waals surface area contributed by atoms with E-state index in [0.29, 0.717) is 35.8 Å². The van der Waals surface area contributed by atoms with Gasteiger partial charge in [-0.2, -0.15) is 0 Å². The van der Waals surface area contributed by atoms with Crippen molar-refractivity contribution >= 4 is 17.5 Å². The first-order valence-corrected chi connectivity index (χ1v) is 8.10. The Kier molecular flexibility index (Phi) is 9.19. The van der Waals surface area contributed by atoms with E-state index < -0.39 is 5.91 Å². The van der Waals surface area contributed by atoms with Crippen molar-refractivity contribution < 1.29 is 31.1 Å². The third kappa shape index (κ3) is 6.37. The summed E-state index contributed by atoms with van der Waals surface area (Å²) < 4.78 is 24.1. The van der Waals surface area contributed by atoms with E-state index in [1.807, 2.05) is 6.07 Å². The summed E-state index contributed by atoms with van der Waals surface area (Å²) in [6, 6.07) is 10.2. The summed E-state index contributed by atoms with van der Waals surface area (Å²) in [5.41, 5.74) is 6.61. The van der Waals surface area contributed by atoms with Crippen molar-refractivity contribution in [3.8, 4) is 11.5 Å². The van der Waals surface area contributed by atoms with Crippen molar-refractivity contribution in [2.45, 2.75) is 13.0 Å². The van der Waals surface area contributed by atoms with Crippen molar-refractivity contribution in [1.82, 2.24) is 5.32 Å². The molecule has 5 nitrogen and oxygen atoms in total. The predicted molar refractivity (Wildman–Crippen MR) is 94.5 cm³/mol. The Morgan fingerprint density at radius 2 is 2.04 bits per heavy atom. The number of primary amides is 1. The lowest BCUT2D eigenvalue weighted by atomic mass is 10.1. The first-order valence-electron chi connectivity index (χ1n) is 7.73. The first kappa shape index (κ1) is 22.0. The second-order valence-electron chi connectivity index (χ2n) is 5.38. The molecule has 0 aliphatic heterocycles. The van der Waals surface area contributed by atoms with Crippen LogP contribution in [-0.4, -0.2) is 26.2 Å². The molecule has 0 bridgehead atoms. The van der Waals surface area contributed by atoms with E-state index in [2.05, 4.69) is 5.32 Å². The first-order chi connectivity index (χ1) is 12.0. The summed E-state index contributed by atoms with van der Waals surface area (Å²) in [5, 5.41) is 3.56. The Morgan fingerprint density at radius 3 is 2.69 bits per heavy atom. The highest BCUT2D eigenvalue weighted by atomic mass is 35.5. The normalized spacial score (nSPS) is 10.1. The highest BCUT2D eigenvalue weighted by Gasteiger charge is 2.13. The number of carbonyl (C=O) groups excluding carboxylic acids is 1. The monoisotopic (exact) mass is 401 g/mol. The fraction of sp³-hybridized carbons (Fsp3) is 0.278. The molecule has 0 atom stereocenters. The molecule has 0 aromatic heterocycles. The molecule has 1 amide bonds. The van der Waals surface area contributed by atoms with Crippen LogP contribution in [0.5, 0.6) is 11.5 Å². The van der Waals surface area contributed by atoms with Crippen LogP contribution in [0.25, 0.3) is 0 Å². The van der Waals surface area contributed by atoms with Crippen LogP contribution in [-0.2, 0) is 17.8 Å². The van der Waals surface area contributed by atoms with Gasteiger partial charge in [0, 0.05) is 6.54 Å². The summed E-state index contributed by atoms with van der Waals surface area (Å²) in [5.74, 6) is -0.111. The smallest absolute Gasteiger partial charge is 0.255 e. The molecule has 0 fully saturated rings. The van der Waals surface area contributed by atoms with Crippen LogP contribution in [0.3, 0.4) is 0 Å². The van der Waals surface area contributed by atoms with Crippen LogP contribution in [0.1, 0.15) is 11.1 Å². The number of methoxy groups -OCH3 is 1. The maximum Gasteiger partial charge on any atom is 0.255 e. The minimum Gasteiger partial charge on any atom is -1.00 e. The van der Waals surface area contributed by atoms with Gasteiger partial charge in [0.15, 0.2) is 18.1 Å². The quantitative estimate of drug-likeness (QED) is 0.565. The molecule has 0 heterocycles. The van der Waals surface area contributed by atoms with E-state index in [4.69, 9.17) is 26.8 Å². The number of nitrogens with two attached hydrogens (primary N) is 1. The second-order valence-corrected chi connectivity index (χ2v) is 5.79. The van der Waals surface area contributed by atoms with E-state index >= 15 is 0 Å². The molecule has 0 spiro atoms. The summed E-state index contributed by atoms with van der Waals surface area (Å²) in [7, 11) is 1.48. The van der Waals surface area contributed by atoms with Gasteiger partial charge in [-0.1, -0.05) is 29.8 Å². The molecule has 0 aliphatic rings. The molecule has 0 radical (unpaired) electrons. The Labute approximate surface area is 163 Å². The van der Waals surface area contributed by atoms with E-state index in [9.17, 15) is 9.18 Å². The van der Waals surface area contributed by atoms with Gasteiger partial charge in [0.05, 0.1) is 12.1 Å². The van der Waals surface area contributed by atoms with Crippen LogP contribution < -0.4 is 32.9 Å². The number of amides is 1. The van der Waals surface area contributed by atoms with Gasteiger partial charge in [-0.05, 0) is 42.3 Å². The molecule has 2 aromatic rings. The van der Waals surface area contributed by atoms with Crippen molar-refractivity contribution in [2.75, 3.05) is 20.3 Å². The van der Waals surface area contributed by atoms with Crippen molar-refractivity contribution in [3.63, 3.8) is 0 Å². The Morgan fingerprint density at radius 1 is 1.31 bits per heavy atom. The number of nitrogens with one attached hydrogen (secondary N) is 1. The van der Waals surface area contributed by atoms with Crippen LogP contribution in [0.2, 0.25) is 5.02 Å². The van der Waals surface area contributed by atoms with Crippen molar-refractivity contribution in [2.24, 2.45) is 5.73 Å².